The fourth-order valence-corrected chi connectivity index (χ4v) is 13.9. The average molecular weight is 799 g/mol. The third-order valence-electron chi connectivity index (χ3n) is 16.0. The van der Waals surface area contributed by atoms with Crippen LogP contribution in [0.25, 0.3) is 71.7 Å². The van der Waals surface area contributed by atoms with Crippen LogP contribution in [-0.4, -0.2) is 4.57 Å². The number of anilines is 3. The molecular weight excluding hydrogens is 753 g/mol. The lowest BCUT2D eigenvalue weighted by Crippen LogP contribution is -2.48. The molecule has 298 valence electrons. The van der Waals surface area contributed by atoms with Gasteiger partial charge in [-0.1, -0.05) is 127 Å². The Hall–Kier alpha value is -6.84. The SMILES string of the molecule is c1ccc(-n2c3ccccc3c3ccccc32)c(-c2ccc(N(c3ccc(-c4cccc5c4oc4ccccc45)cc3)c3ccc(C45CC6C[C@@H]7C[C@@H](C[C@@H]6C74)C5)cc3)cc2)c1. The highest BCUT2D eigenvalue weighted by Gasteiger charge is 2.67. The van der Waals surface area contributed by atoms with Gasteiger partial charge in [0.1, 0.15) is 11.2 Å². The van der Waals surface area contributed by atoms with E-state index >= 15 is 0 Å². The van der Waals surface area contributed by atoms with E-state index in [4.69, 9.17) is 4.42 Å². The molecule has 5 aliphatic carbocycles. The van der Waals surface area contributed by atoms with Gasteiger partial charge in [-0.15, -0.1) is 0 Å². The monoisotopic (exact) mass is 798 g/mol. The van der Waals surface area contributed by atoms with Crippen molar-refractivity contribution in [3.05, 3.63) is 194 Å². The molecule has 5 fully saturated rings. The first-order valence-corrected chi connectivity index (χ1v) is 22.8. The van der Waals surface area contributed by atoms with Gasteiger partial charge in [-0.3, -0.25) is 0 Å². The smallest absolute Gasteiger partial charge is 0.143 e. The maximum absolute atomic E-state index is 6.47. The number of para-hydroxylation sites is 5. The topological polar surface area (TPSA) is 21.3 Å². The number of rotatable bonds is 7. The van der Waals surface area contributed by atoms with Crippen molar-refractivity contribution >= 4 is 60.8 Å². The van der Waals surface area contributed by atoms with Gasteiger partial charge in [0.25, 0.3) is 0 Å². The number of nitrogens with zero attached hydrogens (tertiary/aromatic N) is 2. The van der Waals surface area contributed by atoms with Crippen LogP contribution >= 0.6 is 0 Å². The van der Waals surface area contributed by atoms with E-state index in [0.717, 1.165) is 74.0 Å². The Bertz CT molecular complexity index is 3310. The molecule has 62 heavy (non-hydrogen) atoms. The average Bonchev–Trinajstić information content (AvgIpc) is 4.02. The van der Waals surface area contributed by atoms with Crippen LogP contribution < -0.4 is 4.90 Å². The first-order chi connectivity index (χ1) is 30.7. The number of hydrogen-bond donors (Lipinski definition) is 0. The van der Waals surface area contributed by atoms with Crippen molar-refractivity contribution in [2.45, 2.75) is 37.5 Å². The van der Waals surface area contributed by atoms with Crippen molar-refractivity contribution in [3.8, 4) is 27.9 Å². The summed E-state index contributed by atoms with van der Waals surface area (Å²) in [5.41, 5.74) is 15.6. The van der Waals surface area contributed by atoms with Gasteiger partial charge in [0.15, 0.2) is 0 Å². The van der Waals surface area contributed by atoms with E-state index in [2.05, 4.69) is 191 Å². The Labute approximate surface area is 361 Å². The summed E-state index contributed by atoms with van der Waals surface area (Å²) in [5, 5.41) is 4.86. The highest BCUT2D eigenvalue weighted by atomic mass is 16.3. The molecule has 0 spiro atoms. The summed E-state index contributed by atoms with van der Waals surface area (Å²) in [4.78, 5) is 2.44. The second-order valence-electron chi connectivity index (χ2n) is 19.0. The van der Waals surface area contributed by atoms with Crippen molar-refractivity contribution in [2.75, 3.05) is 4.90 Å². The second-order valence-corrected chi connectivity index (χ2v) is 19.0. The summed E-state index contributed by atoms with van der Waals surface area (Å²) in [7, 11) is 0. The molecule has 5 aliphatic rings. The molecule has 0 saturated heterocycles. The standard InChI is InChI=1S/C59H46N2O/c1-5-16-53(61-54-17-6-2-11-48(54)49-12-3-7-18-55(49)61)46(10-1)38-20-26-43(27-21-38)60(45-30-24-42(25-31-45)59-35-37-32-40-34-41(36-59)52(33-37)57(40)59)44-28-22-39(23-29-44)47-14-9-15-51-50-13-4-8-19-56(50)62-58(47)51/h1-31,37,40-41,52,57H,32-36H2/t37-,40-,41?,52-,57?,59?/m0/s1. The van der Waals surface area contributed by atoms with Crippen molar-refractivity contribution in [2.24, 2.45) is 29.6 Å². The number of benzene rings is 8. The van der Waals surface area contributed by atoms with Crippen LogP contribution in [-0.2, 0) is 5.41 Å². The Morgan fingerprint density at radius 1 is 0.468 bits per heavy atom. The normalized spacial score (nSPS) is 23.4. The van der Waals surface area contributed by atoms with Gasteiger partial charge in [0, 0.05) is 49.7 Å². The molecule has 3 unspecified atom stereocenters. The molecule has 0 radical (unpaired) electrons. The first-order valence-electron chi connectivity index (χ1n) is 22.8. The number of aromatic nitrogens is 1. The quantitative estimate of drug-likeness (QED) is 0.160. The highest BCUT2D eigenvalue weighted by molar-refractivity contribution is 6.10. The minimum Gasteiger partial charge on any atom is -0.455 e. The maximum atomic E-state index is 6.47. The summed E-state index contributed by atoms with van der Waals surface area (Å²) in [6.07, 6.45) is 7.31. The number of fused-ring (bicyclic) bond motifs is 6. The summed E-state index contributed by atoms with van der Waals surface area (Å²) in [5.74, 6) is 4.73. The fourth-order valence-electron chi connectivity index (χ4n) is 13.9. The van der Waals surface area contributed by atoms with Gasteiger partial charge in [-0.25, -0.2) is 0 Å². The Morgan fingerprint density at radius 2 is 1.05 bits per heavy atom. The van der Waals surface area contributed by atoms with Crippen LogP contribution in [0.5, 0.6) is 0 Å². The second kappa shape index (κ2) is 13.1. The van der Waals surface area contributed by atoms with E-state index in [1.807, 2.05) is 6.07 Å². The molecule has 3 nitrogen and oxygen atoms in total. The van der Waals surface area contributed by atoms with E-state index in [-0.39, 0.29) is 0 Å². The summed E-state index contributed by atoms with van der Waals surface area (Å²) in [6, 6.07) is 69.4. The van der Waals surface area contributed by atoms with E-state index in [1.54, 1.807) is 5.56 Å². The molecule has 2 heterocycles. The van der Waals surface area contributed by atoms with Crippen LogP contribution in [0, 0.1) is 29.6 Å². The fraction of sp³-hybridized carbons (Fsp3) is 0.186. The van der Waals surface area contributed by atoms with E-state index in [1.165, 1.54) is 76.4 Å². The van der Waals surface area contributed by atoms with Gasteiger partial charge in [0.05, 0.1) is 16.7 Å². The molecule has 0 aliphatic heterocycles. The zero-order chi connectivity index (χ0) is 40.5. The Balaban J connectivity index is 0.866. The minimum absolute atomic E-state index is 0.396. The lowest BCUT2D eigenvalue weighted by atomic mass is 9.51. The lowest BCUT2D eigenvalue weighted by molar-refractivity contribution is 0.0209. The molecule has 3 heteroatoms. The Kier molecular flexibility index (Phi) is 7.35. The highest BCUT2D eigenvalue weighted by Crippen LogP contribution is 2.74. The summed E-state index contributed by atoms with van der Waals surface area (Å²) < 4.78 is 8.91. The predicted octanol–water partition coefficient (Wildman–Crippen LogP) is 15.8. The lowest BCUT2D eigenvalue weighted by Gasteiger charge is -2.53. The molecule has 6 bridgehead atoms. The zero-order valence-electron chi connectivity index (χ0n) is 34.6. The molecular formula is C59H46N2O. The minimum atomic E-state index is 0.396. The molecule has 8 aromatic carbocycles. The molecule has 5 saturated carbocycles. The molecule has 2 aromatic heterocycles. The number of furan rings is 1. The third kappa shape index (κ3) is 4.94. The van der Waals surface area contributed by atoms with Gasteiger partial charge < -0.3 is 13.9 Å². The van der Waals surface area contributed by atoms with Crippen LogP contribution in [0.1, 0.15) is 37.7 Å². The van der Waals surface area contributed by atoms with Gasteiger partial charge in [-0.05, 0) is 144 Å². The van der Waals surface area contributed by atoms with Crippen molar-refractivity contribution in [1.29, 1.82) is 0 Å². The number of hydrogen-bond acceptors (Lipinski definition) is 2. The van der Waals surface area contributed by atoms with Crippen molar-refractivity contribution in [1.82, 2.24) is 4.57 Å². The predicted molar refractivity (Wildman–Crippen MR) is 256 cm³/mol. The Morgan fingerprint density at radius 3 is 1.76 bits per heavy atom. The van der Waals surface area contributed by atoms with Crippen molar-refractivity contribution < 1.29 is 4.42 Å². The molecule has 10 aromatic rings. The van der Waals surface area contributed by atoms with E-state index < -0.39 is 0 Å². The van der Waals surface area contributed by atoms with E-state index in [0.29, 0.717) is 5.41 Å². The maximum Gasteiger partial charge on any atom is 0.143 e. The van der Waals surface area contributed by atoms with Crippen LogP contribution in [0.2, 0.25) is 0 Å². The zero-order valence-corrected chi connectivity index (χ0v) is 34.6. The molecule has 0 amide bonds. The van der Waals surface area contributed by atoms with Crippen LogP contribution in [0.3, 0.4) is 0 Å². The molecule has 15 rings (SSSR count). The molecule has 0 N–H and O–H groups in total. The van der Waals surface area contributed by atoms with Gasteiger partial charge in [0.2, 0.25) is 0 Å². The summed E-state index contributed by atoms with van der Waals surface area (Å²) in [6.45, 7) is 0. The first kappa shape index (κ1) is 34.8. The summed E-state index contributed by atoms with van der Waals surface area (Å²) >= 11 is 0. The van der Waals surface area contributed by atoms with Gasteiger partial charge >= 0.3 is 0 Å². The van der Waals surface area contributed by atoms with Crippen LogP contribution in [0.15, 0.2) is 192 Å². The largest absolute Gasteiger partial charge is 0.455 e. The van der Waals surface area contributed by atoms with E-state index in [9.17, 15) is 0 Å². The molecule has 6 atom stereocenters. The van der Waals surface area contributed by atoms with Gasteiger partial charge in [-0.2, -0.15) is 0 Å². The third-order valence-corrected chi connectivity index (χ3v) is 16.0. The van der Waals surface area contributed by atoms with Crippen molar-refractivity contribution in [3.63, 3.8) is 0 Å². The van der Waals surface area contributed by atoms with Crippen LogP contribution in [0.4, 0.5) is 17.1 Å².